The Bertz CT molecular complexity index is 77.0. The zero-order valence-electron chi connectivity index (χ0n) is 4.65. The van der Waals surface area contributed by atoms with Crippen LogP contribution in [-0.2, 0) is 0 Å². The third-order valence-electron chi connectivity index (χ3n) is 0.685. The molecule has 0 radical (unpaired) electrons. The second kappa shape index (κ2) is 6.93. The van der Waals surface area contributed by atoms with E-state index < -0.39 is 0 Å². The van der Waals surface area contributed by atoms with Gasteiger partial charge in [0.1, 0.15) is 0 Å². The minimum absolute atomic E-state index is 0.604. The molecule has 0 unspecified atom stereocenters. The average Bonchev–Trinajstić information content (AvgIpc) is 1.81. The number of halogens is 1. The third-order valence-corrected chi connectivity index (χ3v) is 1.08. The Hall–Kier alpha value is -0.0700. The summed E-state index contributed by atoms with van der Waals surface area (Å²) in [5.74, 6) is 0. The first-order valence-corrected chi connectivity index (χ1v) is 3.67. The van der Waals surface area contributed by atoms with E-state index in [-0.39, 0.29) is 0 Å². The molecule has 0 saturated carbocycles. The van der Waals surface area contributed by atoms with Crippen molar-refractivity contribution in [3.8, 4) is 6.07 Å². The zero-order chi connectivity index (χ0) is 6.24. The molecule has 1 N–H and O–H groups in total. The maximum absolute atomic E-state index is 8.06. The Morgan fingerprint density at radius 1 is 1.50 bits per heavy atom. The normalized spacial score (nSPS) is 8.50. The van der Waals surface area contributed by atoms with E-state index in [1.807, 2.05) is 6.07 Å². The van der Waals surface area contributed by atoms with E-state index in [0.717, 1.165) is 18.4 Å². The number of alkyl halides is 1. The molecule has 3 heteroatoms. The van der Waals surface area contributed by atoms with E-state index in [2.05, 4.69) is 21.2 Å². The largest absolute Gasteiger partial charge is 0.315 e. The van der Waals surface area contributed by atoms with Gasteiger partial charge in [-0.2, -0.15) is 5.26 Å². The first kappa shape index (κ1) is 7.93. The van der Waals surface area contributed by atoms with Crippen molar-refractivity contribution in [2.45, 2.75) is 6.42 Å². The first-order chi connectivity index (χ1) is 3.91. The number of nitrogens with zero attached hydrogens (tertiary/aromatic N) is 1. The average molecular weight is 177 g/mol. The van der Waals surface area contributed by atoms with Gasteiger partial charge in [0.2, 0.25) is 0 Å². The quantitative estimate of drug-likeness (QED) is 0.511. The number of rotatable bonds is 4. The molecule has 8 heavy (non-hydrogen) atoms. The fraction of sp³-hybridized carbons (Fsp3) is 0.800. The predicted molar refractivity (Wildman–Crippen MR) is 36.9 cm³/mol. The molecule has 0 amide bonds. The van der Waals surface area contributed by atoms with E-state index in [1.165, 1.54) is 0 Å². The van der Waals surface area contributed by atoms with Gasteiger partial charge in [-0.3, -0.25) is 0 Å². The van der Waals surface area contributed by atoms with Gasteiger partial charge in [0.25, 0.3) is 0 Å². The van der Waals surface area contributed by atoms with Crippen LogP contribution in [0.15, 0.2) is 0 Å². The van der Waals surface area contributed by atoms with Gasteiger partial charge in [0.05, 0.1) is 6.07 Å². The fourth-order valence-corrected chi connectivity index (χ4v) is 0.616. The molecule has 0 atom stereocenters. The summed E-state index contributed by atoms with van der Waals surface area (Å²) in [6, 6.07) is 2.05. The molecule has 46 valence electrons. The van der Waals surface area contributed by atoms with Crippen LogP contribution in [0.3, 0.4) is 0 Å². The van der Waals surface area contributed by atoms with Crippen molar-refractivity contribution in [2.75, 3.05) is 18.4 Å². The summed E-state index contributed by atoms with van der Waals surface area (Å²) in [5.41, 5.74) is 0. The summed E-state index contributed by atoms with van der Waals surface area (Å²) in [6.45, 7) is 1.75. The lowest BCUT2D eigenvalue weighted by Crippen LogP contribution is -2.16. The summed E-state index contributed by atoms with van der Waals surface area (Å²) in [7, 11) is 0. The Labute approximate surface area is 58.0 Å². The van der Waals surface area contributed by atoms with Crippen LogP contribution in [-0.4, -0.2) is 18.4 Å². The van der Waals surface area contributed by atoms with Crippen LogP contribution in [0.5, 0.6) is 0 Å². The van der Waals surface area contributed by atoms with Crippen molar-refractivity contribution in [2.24, 2.45) is 0 Å². The molecule has 0 aromatic carbocycles. The third kappa shape index (κ3) is 5.93. The van der Waals surface area contributed by atoms with Crippen LogP contribution >= 0.6 is 15.9 Å². The molecular weight excluding hydrogens is 168 g/mol. The van der Waals surface area contributed by atoms with E-state index >= 15 is 0 Å². The minimum Gasteiger partial charge on any atom is -0.315 e. The van der Waals surface area contributed by atoms with Gasteiger partial charge in [0.15, 0.2) is 0 Å². The lowest BCUT2D eigenvalue weighted by atomic mass is 10.5. The molecule has 0 aromatic rings. The van der Waals surface area contributed by atoms with E-state index in [1.54, 1.807) is 0 Å². The minimum atomic E-state index is 0.604. The van der Waals surface area contributed by atoms with Crippen LogP contribution in [0, 0.1) is 11.3 Å². The highest BCUT2D eigenvalue weighted by atomic mass is 79.9. The summed E-state index contributed by atoms with van der Waals surface area (Å²) in [4.78, 5) is 0. The Balaban J connectivity index is 2.65. The van der Waals surface area contributed by atoms with Crippen LogP contribution in [0.25, 0.3) is 0 Å². The van der Waals surface area contributed by atoms with E-state index in [0.29, 0.717) is 6.42 Å². The fourth-order valence-electron chi connectivity index (χ4n) is 0.336. The van der Waals surface area contributed by atoms with Gasteiger partial charge in [-0.05, 0) is 0 Å². The van der Waals surface area contributed by atoms with Crippen LogP contribution in [0.1, 0.15) is 6.42 Å². The molecule has 0 fully saturated rings. The van der Waals surface area contributed by atoms with Crippen LogP contribution in [0.4, 0.5) is 0 Å². The predicted octanol–water partition coefficient (Wildman–Crippen LogP) is 0.885. The highest BCUT2D eigenvalue weighted by Crippen LogP contribution is 1.75. The maximum Gasteiger partial charge on any atom is 0.0635 e. The van der Waals surface area contributed by atoms with Crippen LogP contribution in [0.2, 0.25) is 0 Å². The second-order valence-corrected chi connectivity index (χ2v) is 2.14. The SMILES string of the molecule is N#CCCNCCBr. The first-order valence-electron chi connectivity index (χ1n) is 2.55. The Kier molecular flexibility index (Phi) is 6.87. The van der Waals surface area contributed by atoms with Crippen molar-refractivity contribution in [1.29, 1.82) is 5.26 Å². The van der Waals surface area contributed by atoms with Crippen LogP contribution < -0.4 is 5.32 Å². The van der Waals surface area contributed by atoms with Gasteiger partial charge in [0, 0.05) is 24.8 Å². The van der Waals surface area contributed by atoms with Crippen molar-refractivity contribution in [3.63, 3.8) is 0 Å². The molecule has 0 rings (SSSR count). The standard InChI is InChI=1S/C5H9BrN2/c6-2-5-8-4-1-3-7/h8H,1-2,4-5H2. The van der Waals surface area contributed by atoms with Gasteiger partial charge in [-0.15, -0.1) is 0 Å². The van der Waals surface area contributed by atoms with Gasteiger partial charge in [-0.1, -0.05) is 15.9 Å². The molecule has 2 nitrogen and oxygen atoms in total. The molecule has 0 spiro atoms. The molecular formula is C5H9BrN2. The summed E-state index contributed by atoms with van der Waals surface area (Å²) >= 11 is 3.26. The molecule has 0 heterocycles. The zero-order valence-corrected chi connectivity index (χ0v) is 6.24. The second-order valence-electron chi connectivity index (χ2n) is 1.35. The molecule has 0 aromatic heterocycles. The molecule has 0 bridgehead atoms. The van der Waals surface area contributed by atoms with E-state index in [4.69, 9.17) is 5.26 Å². The molecule has 0 saturated heterocycles. The number of nitriles is 1. The van der Waals surface area contributed by atoms with Crippen molar-refractivity contribution in [3.05, 3.63) is 0 Å². The lowest BCUT2D eigenvalue weighted by molar-refractivity contribution is 0.737. The van der Waals surface area contributed by atoms with Gasteiger partial charge in [-0.25, -0.2) is 0 Å². The number of hydrogen-bond donors (Lipinski definition) is 1. The molecule has 0 aliphatic heterocycles. The topological polar surface area (TPSA) is 35.8 Å². The smallest absolute Gasteiger partial charge is 0.0635 e. The Morgan fingerprint density at radius 3 is 2.75 bits per heavy atom. The monoisotopic (exact) mass is 176 g/mol. The molecule has 0 aliphatic carbocycles. The van der Waals surface area contributed by atoms with Gasteiger partial charge >= 0.3 is 0 Å². The highest BCUT2D eigenvalue weighted by molar-refractivity contribution is 9.09. The van der Waals surface area contributed by atoms with Crippen molar-refractivity contribution < 1.29 is 0 Å². The van der Waals surface area contributed by atoms with Crippen molar-refractivity contribution in [1.82, 2.24) is 5.32 Å². The summed E-state index contributed by atoms with van der Waals surface area (Å²) in [6.07, 6.45) is 0.604. The number of nitrogens with one attached hydrogen (secondary N) is 1. The van der Waals surface area contributed by atoms with Gasteiger partial charge < -0.3 is 5.32 Å². The highest BCUT2D eigenvalue weighted by Gasteiger charge is 1.80. The number of hydrogen-bond acceptors (Lipinski definition) is 2. The maximum atomic E-state index is 8.06. The Morgan fingerprint density at radius 2 is 2.25 bits per heavy atom. The van der Waals surface area contributed by atoms with E-state index in [9.17, 15) is 0 Å². The van der Waals surface area contributed by atoms with Crippen molar-refractivity contribution >= 4 is 15.9 Å². The summed E-state index contributed by atoms with van der Waals surface area (Å²) < 4.78 is 0. The summed E-state index contributed by atoms with van der Waals surface area (Å²) in [5, 5.41) is 12.1. The lowest BCUT2D eigenvalue weighted by Gasteiger charge is -1.93. The molecule has 0 aliphatic rings.